The lowest BCUT2D eigenvalue weighted by Gasteiger charge is -2.02. The zero-order valence-corrected chi connectivity index (χ0v) is 12.3. The fourth-order valence-corrected chi connectivity index (χ4v) is 3.93. The summed E-state index contributed by atoms with van der Waals surface area (Å²) in [6, 6.07) is 3.95. The van der Waals surface area contributed by atoms with Crippen LogP contribution in [0.25, 0.3) is 0 Å². The second kappa shape index (κ2) is 5.65. The van der Waals surface area contributed by atoms with E-state index in [4.69, 9.17) is 0 Å². The van der Waals surface area contributed by atoms with Crippen molar-refractivity contribution in [3.05, 3.63) is 34.3 Å². The first-order valence-corrected chi connectivity index (χ1v) is 8.69. The molecule has 1 saturated carbocycles. The second-order valence-corrected chi connectivity index (χ2v) is 7.48. The van der Waals surface area contributed by atoms with Gasteiger partial charge >= 0.3 is 0 Å². The molecule has 20 heavy (non-hydrogen) atoms. The largest absolute Gasteiger partial charge is 0.364 e. The van der Waals surface area contributed by atoms with Crippen molar-refractivity contribution in [3.8, 4) is 0 Å². The molecule has 0 spiro atoms. The number of sulfonamides is 1. The van der Waals surface area contributed by atoms with Crippen LogP contribution in [0.3, 0.4) is 0 Å². The van der Waals surface area contributed by atoms with E-state index in [2.05, 4.69) is 19.7 Å². The molecule has 0 unspecified atom stereocenters. The topological polar surface area (TPSA) is 84.2 Å². The maximum absolute atomic E-state index is 12.1. The minimum atomic E-state index is -3.49. The molecule has 0 amide bonds. The Hall–Kier alpha value is -1.22. The van der Waals surface area contributed by atoms with Crippen LogP contribution in [0.4, 0.5) is 0 Å². The van der Waals surface area contributed by atoms with Gasteiger partial charge in [-0.2, -0.15) is 0 Å². The molecule has 0 saturated heterocycles. The number of nitrogens with one attached hydrogen (secondary N) is 2. The lowest BCUT2D eigenvalue weighted by molar-refractivity contribution is 0.411. The molecule has 0 atom stereocenters. The number of rotatable bonds is 7. The third kappa shape index (κ3) is 3.45. The van der Waals surface area contributed by atoms with Gasteiger partial charge in [-0.15, -0.1) is 11.3 Å². The molecule has 2 aromatic rings. The van der Waals surface area contributed by atoms with E-state index in [0.29, 0.717) is 16.6 Å². The van der Waals surface area contributed by atoms with Crippen molar-refractivity contribution in [1.82, 2.24) is 15.2 Å². The van der Waals surface area contributed by atoms with Crippen LogP contribution in [-0.4, -0.2) is 19.6 Å². The highest BCUT2D eigenvalue weighted by Crippen LogP contribution is 2.22. The minimum absolute atomic E-state index is 0.129. The second-order valence-electron chi connectivity index (χ2n) is 4.72. The number of aromatic nitrogens is 1. The quantitative estimate of drug-likeness (QED) is 0.808. The molecule has 0 aliphatic heterocycles. The van der Waals surface area contributed by atoms with Gasteiger partial charge in [0.15, 0.2) is 0 Å². The van der Waals surface area contributed by atoms with Crippen LogP contribution in [0.1, 0.15) is 23.4 Å². The lowest BCUT2D eigenvalue weighted by atomic mass is 10.4. The first kappa shape index (κ1) is 13.7. The SMILES string of the molecule is O=S(=O)(NCc1ccon1)c1csc(CNC2CC2)c1. The summed E-state index contributed by atoms with van der Waals surface area (Å²) < 4.78 is 31.4. The minimum Gasteiger partial charge on any atom is -0.364 e. The van der Waals surface area contributed by atoms with Crippen molar-refractivity contribution < 1.29 is 12.9 Å². The molecular weight excluding hydrogens is 298 g/mol. The van der Waals surface area contributed by atoms with Crippen LogP contribution in [0.15, 0.2) is 33.2 Å². The maximum Gasteiger partial charge on any atom is 0.241 e. The number of thiophene rings is 1. The third-order valence-electron chi connectivity index (χ3n) is 3.02. The Labute approximate surface area is 121 Å². The van der Waals surface area contributed by atoms with Gasteiger partial charge in [-0.3, -0.25) is 0 Å². The van der Waals surface area contributed by atoms with Crippen LogP contribution >= 0.6 is 11.3 Å². The van der Waals surface area contributed by atoms with E-state index in [1.54, 1.807) is 17.5 Å². The summed E-state index contributed by atoms with van der Waals surface area (Å²) in [6.07, 6.45) is 3.85. The van der Waals surface area contributed by atoms with Crippen molar-refractivity contribution >= 4 is 21.4 Å². The van der Waals surface area contributed by atoms with Crippen LogP contribution in [0, 0.1) is 0 Å². The predicted octanol–water partition coefficient (Wildman–Crippen LogP) is 1.47. The fraction of sp³-hybridized carbons (Fsp3) is 0.417. The predicted molar refractivity (Wildman–Crippen MR) is 74.7 cm³/mol. The molecule has 1 fully saturated rings. The maximum atomic E-state index is 12.1. The van der Waals surface area contributed by atoms with E-state index in [9.17, 15) is 8.42 Å². The van der Waals surface area contributed by atoms with Gasteiger partial charge in [-0.25, -0.2) is 13.1 Å². The molecule has 1 aliphatic rings. The molecule has 2 heterocycles. The van der Waals surface area contributed by atoms with Crippen LogP contribution < -0.4 is 10.0 Å². The summed E-state index contributed by atoms with van der Waals surface area (Å²) in [4.78, 5) is 1.33. The third-order valence-corrected chi connectivity index (χ3v) is 5.48. The van der Waals surface area contributed by atoms with Crippen molar-refractivity contribution in [3.63, 3.8) is 0 Å². The van der Waals surface area contributed by atoms with E-state index < -0.39 is 10.0 Å². The molecule has 2 aromatic heterocycles. The Bertz CT molecular complexity index is 660. The molecule has 6 nitrogen and oxygen atoms in total. The molecule has 2 N–H and O–H groups in total. The van der Waals surface area contributed by atoms with Gasteiger partial charge < -0.3 is 9.84 Å². The summed E-state index contributed by atoms with van der Waals surface area (Å²) >= 11 is 1.45. The Morgan fingerprint density at radius 1 is 1.40 bits per heavy atom. The molecule has 1 aliphatic carbocycles. The molecule has 0 aromatic carbocycles. The number of hydrogen-bond acceptors (Lipinski definition) is 6. The van der Waals surface area contributed by atoms with Crippen LogP contribution in [0.5, 0.6) is 0 Å². The van der Waals surface area contributed by atoms with Gasteiger partial charge in [0.2, 0.25) is 10.0 Å². The summed E-state index contributed by atoms with van der Waals surface area (Å²) in [7, 11) is -3.49. The van der Waals surface area contributed by atoms with Crippen molar-refractivity contribution in [2.24, 2.45) is 0 Å². The highest BCUT2D eigenvalue weighted by Gasteiger charge is 2.21. The zero-order chi connectivity index (χ0) is 14.0. The van der Waals surface area contributed by atoms with Crippen LogP contribution in [0.2, 0.25) is 0 Å². The summed E-state index contributed by atoms with van der Waals surface area (Å²) in [5, 5.41) is 8.69. The van der Waals surface area contributed by atoms with Gasteiger partial charge in [-0.05, 0) is 18.9 Å². The summed E-state index contributed by atoms with van der Waals surface area (Å²) in [5.74, 6) is 0. The van der Waals surface area contributed by atoms with Gasteiger partial charge in [0.1, 0.15) is 6.26 Å². The van der Waals surface area contributed by atoms with Gasteiger partial charge in [0.25, 0.3) is 0 Å². The van der Waals surface area contributed by atoms with E-state index in [1.165, 1.54) is 30.4 Å². The Morgan fingerprint density at radius 3 is 2.95 bits per heavy atom. The number of hydrogen-bond donors (Lipinski definition) is 2. The standard InChI is InChI=1S/C12H15N3O3S2/c16-20(17,14-6-10-3-4-18-15-10)12-5-11(19-8-12)7-13-9-1-2-9/h3-5,8-9,13-14H,1-2,6-7H2. The number of nitrogens with zero attached hydrogens (tertiary/aromatic N) is 1. The van der Waals surface area contributed by atoms with E-state index in [-0.39, 0.29) is 6.54 Å². The van der Waals surface area contributed by atoms with Gasteiger partial charge in [-0.1, -0.05) is 5.16 Å². The Kier molecular flexibility index (Phi) is 3.88. The molecule has 0 radical (unpaired) electrons. The molecular formula is C12H15N3O3S2. The molecule has 3 rings (SSSR count). The molecule has 0 bridgehead atoms. The van der Waals surface area contributed by atoms with E-state index in [1.807, 2.05) is 0 Å². The normalized spacial score (nSPS) is 15.6. The fourth-order valence-electron chi connectivity index (χ4n) is 1.71. The smallest absolute Gasteiger partial charge is 0.241 e. The van der Waals surface area contributed by atoms with Crippen LogP contribution in [-0.2, 0) is 23.1 Å². The summed E-state index contributed by atoms with van der Waals surface area (Å²) in [6.45, 7) is 0.860. The highest BCUT2D eigenvalue weighted by molar-refractivity contribution is 7.89. The Balaban J connectivity index is 1.61. The van der Waals surface area contributed by atoms with Crippen molar-refractivity contribution in [2.45, 2.75) is 36.9 Å². The molecule has 108 valence electrons. The van der Waals surface area contributed by atoms with Gasteiger partial charge in [0, 0.05) is 28.9 Å². The molecule has 8 heteroatoms. The summed E-state index contributed by atoms with van der Waals surface area (Å²) in [5.41, 5.74) is 0.555. The van der Waals surface area contributed by atoms with Crippen molar-refractivity contribution in [2.75, 3.05) is 0 Å². The average molecular weight is 313 g/mol. The van der Waals surface area contributed by atoms with E-state index in [0.717, 1.165) is 11.4 Å². The average Bonchev–Trinajstić information content (AvgIpc) is 2.94. The first-order valence-electron chi connectivity index (χ1n) is 6.33. The van der Waals surface area contributed by atoms with E-state index >= 15 is 0 Å². The van der Waals surface area contributed by atoms with Crippen molar-refractivity contribution in [1.29, 1.82) is 0 Å². The monoisotopic (exact) mass is 313 g/mol. The first-order chi connectivity index (χ1) is 9.63. The zero-order valence-electron chi connectivity index (χ0n) is 10.7. The Morgan fingerprint density at radius 2 is 2.25 bits per heavy atom. The van der Waals surface area contributed by atoms with Gasteiger partial charge in [0.05, 0.1) is 17.1 Å². The highest BCUT2D eigenvalue weighted by atomic mass is 32.2. The lowest BCUT2D eigenvalue weighted by Crippen LogP contribution is -2.23.